The molecule has 1 fully saturated rings. The minimum Gasteiger partial charge on any atom is -0.464 e. The van der Waals surface area contributed by atoms with Gasteiger partial charge >= 0.3 is 5.97 Å². The second kappa shape index (κ2) is 4.80. The molecule has 1 aliphatic rings. The van der Waals surface area contributed by atoms with E-state index in [2.05, 4.69) is 26.6 Å². The van der Waals surface area contributed by atoms with Crippen molar-refractivity contribution < 1.29 is 9.53 Å². The van der Waals surface area contributed by atoms with E-state index < -0.39 is 0 Å². The molecule has 0 aromatic carbocycles. The molecule has 6 heteroatoms. The number of hydrogen-bond acceptors (Lipinski definition) is 6. The highest BCUT2D eigenvalue weighted by Crippen LogP contribution is 2.21. The van der Waals surface area contributed by atoms with Crippen LogP contribution >= 0.6 is 11.3 Å². The van der Waals surface area contributed by atoms with Gasteiger partial charge < -0.3 is 14.5 Å². The number of carbonyl (C=O) groups excluding carboxylic acids is 1. The van der Waals surface area contributed by atoms with Gasteiger partial charge in [-0.05, 0) is 7.05 Å². The number of esters is 1. The maximum Gasteiger partial charge on any atom is 0.357 e. The smallest absolute Gasteiger partial charge is 0.357 e. The summed E-state index contributed by atoms with van der Waals surface area (Å²) in [4.78, 5) is 20.0. The minimum atomic E-state index is -0.364. The Balaban J connectivity index is 2.04. The van der Waals surface area contributed by atoms with Crippen LogP contribution in [0.15, 0.2) is 5.38 Å². The summed E-state index contributed by atoms with van der Waals surface area (Å²) in [6, 6.07) is 0. The van der Waals surface area contributed by atoms with E-state index >= 15 is 0 Å². The average Bonchev–Trinajstić information content (AvgIpc) is 2.78. The van der Waals surface area contributed by atoms with Crippen molar-refractivity contribution in [3.8, 4) is 0 Å². The standard InChI is InChI=1S/C10H15N3O2S/c1-12-3-5-13(6-4-12)10-11-8(7-16-10)9(14)15-2/h7H,3-6H2,1-2H3. The van der Waals surface area contributed by atoms with E-state index in [0.29, 0.717) is 5.69 Å². The molecule has 0 N–H and O–H groups in total. The molecule has 0 amide bonds. The van der Waals surface area contributed by atoms with Gasteiger partial charge in [0, 0.05) is 31.6 Å². The van der Waals surface area contributed by atoms with Gasteiger partial charge in [-0.3, -0.25) is 0 Å². The van der Waals surface area contributed by atoms with Gasteiger partial charge in [0.25, 0.3) is 0 Å². The topological polar surface area (TPSA) is 45.7 Å². The van der Waals surface area contributed by atoms with Crippen LogP contribution in [-0.4, -0.2) is 56.2 Å². The van der Waals surface area contributed by atoms with Gasteiger partial charge in [-0.25, -0.2) is 9.78 Å². The first kappa shape index (κ1) is 11.3. The Hall–Kier alpha value is -1.14. The van der Waals surface area contributed by atoms with E-state index in [1.54, 1.807) is 5.38 Å². The number of aromatic nitrogens is 1. The van der Waals surface area contributed by atoms with E-state index in [1.807, 2.05) is 0 Å². The van der Waals surface area contributed by atoms with E-state index in [9.17, 15) is 4.79 Å². The molecule has 5 nitrogen and oxygen atoms in total. The molecule has 2 rings (SSSR count). The van der Waals surface area contributed by atoms with Gasteiger partial charge in [0.2, 0.25) is 0 Å². The van der Waals surface area contributed by atoms with Gasteiger partial charge in [-0.15, -0.1) is 11.3 Å². The molecule has 0 saturated carbocycles. The summed E-state index contributed by atoms with van der Waals surface area (Å²) < 4.78 is 4.63. The number of nitrogens with zero attached hydrogens (tertiary/aromatic N) is 3. The first-order valence-electron chi connectivity index (χ1n) is 5.18. The van der Waals surface area contributed by atoms with Crippen molar-refractivity contribution in [2.24, 2.45) is 0 Å². The summed E-state index contributed by atoms with van der Waals surface area (Å²) in [5.41, 5.74) is 0.404. The zero-order valence-electron chi connectivity index (χ0n) is 9.47. The van der Waals surface area contributed by atoms with Crippen LogP contribution < -0.4 is 4.90 Å². The number of thiazole rings is 1. The predicted molar refractivity (Wildman–Crippen MR) is 63.2 cm³/mol. The van der Waals surface area contributed by atoms with E-state index in [4.69, 9.17) is 0 Å². The summed E-state index contributed by atoms with van der Waals surface area (Å²) in [5, 5.41) is 2.66. The van der Waals surface area contributed by atoms with Crippen LogP contribution in [0.25, 0.3) is 0 Å². The van der Waals surface area contributed by atoms with Crippen LogP contribution in [0.1, 0.15) is 10.5 Å². The molecular weight excluding hydrogens is 226 g/mol. The number of likely N-dealkylation sites (N-methyl/N-ethyl adjacent to an activating group) is 1. The molecule has 1 aromatic heterocycles. The number of carbonyl (C=O) groups is 1. The first-order chi connectivity index (χ1) is 7.70. The van der Waals surface area contributed by atoms with Crippen molar-refractivity contribution in [3.63, 3.8) is 0 Å². The largest absolute Gasteiger partial charge is 0.464 e. The fourth-order valence-electron chi connectivity index (χ4n) is 1.61. The van der Waals surface area contributed by atoms with E-state index in [1.165, 1.54) is 18.4 Å². The number of methoxy groups -OCH3 is 1. The third-order valence-electron chi connectivity index (χ3n) is 2.66. The summed E-state index contributed by atoms with van der Waals surface area (Å²) in [5.74, 6) is -0.364. The van der Waals surface area contributed by atoms with E-state index in [-0.39, 0.29) is 5.97 Å². The Morgan fingerprint density at radius 2 is 2.12 bits per heavy atom. The molecule has 0 spiro atoms. The average molecular weight is 241 g/mol. The number of rotatable bonds is 2. The maximum absolute atomic E-state index is 11.3. The third kappa shape index (κ3) is 2.33. The Kier molecular flexibility index (Phi) is 3.40. The van der Waals surface area contributed by atoms with Gasteiger partial charge in [0.1, 0.15) is 0 Å². The fourth-order valence-corrected chi connectivity index (χ4v) is 2.45. The Morgan fingerprint density at radius 1 is 1.44 bits per heavy atom. The van der Waals surface area contributed by atoms with Crippen molar-refractivity contribution in [1.82, 2.24) is 9.88 Å². The zero-order chi connectivity index (χ0) is 11.5. The Bertz CT molecular complexity index is 372. The lowest BCUT2D eigenvalue weighted by molar-refractivity contribution is 0.0595. The summed E-state index contributed by atoms with van der Waals surface area (Å²) >= 11 is 1.50. The second-order valence-electron chi connectivity index (χ2n) is 3.80. The summed E-state index contributed by atoms with van der Waals surface area (Å²) in [6.45, 7) is 4.00. The van der Waals surface area contributed by atoms with Crippen LogP contribution in [0.2, 0.25) is 0 Å². The molecule has 0 bridgehead atoms. The van der Waals surface area contributed by atoms with Gasteiger partial charge in [-0.2, -0.15) is 0 Å². The second-order valence-corrected chi connectivity index (χ2v) is 4.63. The SMILES string of the molecule is COC(=O)c1csc(N2CCN(C)CC2)n1. The van der Waals surface area contributed by atoms with Crippen molar-refractivity contribution >= 4 is 22.4 Å². The fraction of sp³-hybridized carbons (Fsp3) is 0.600. The molecular formula is C10H15N3O2S. The monoisotopic (exact) mass is 241 g/mol. The molecule has 1 aromatic rings. The summed E-state index contributed by atoms with van der Waals surface area (Å²) in [7, 11) is 3.48. The maximum atomic E-state index is 11.3. The third-order valence-corrected chi connectivity index (χ3v) is 3.56. The number of hydrogen-bond donors (Lipinski definition) is 0. The van der Waals surface area contributed by atoms with Crippen molar-refractivity contribution in [3.05, 3.63) is 11.1 Å². The zero-order valence-corrected chi connectivity index (χ0v) is 10.3. The minimum absolute atomic E-state index is 0.364. The molecule has 88 valence electrons. The van der Waals surface area contributed by atoms with Crippen LogP contribution in [0.4, 0.5) is 5.13 Å². The number of ether oxygens (including phenoxy) is 1. The highest BCUT2D eigenvalue weighted by atomic mass is 32.1. The lowest BCUT2D eigenvalue weighted by atomic mass is 10.3. The van der Waals surface area contributed by atoms with Crippen molar-refractivity contribution in [1.29, 1.82) is 0 Å². The van der Waals surface area contributed by atoms with Gasteiger partial charge in [-0.1, -0.05) is 0 Å². The number of anilines is 1. The van der Waals surface area contributed by atoms with Crippen molar-refractivity contribution in [2.45, 2.75) is 0 Å². The number of piperazine rings is 1. The molecule has 0 unspecified atom stereocenters. The molecule has 1 saturated heterocycles. The van der Waals surface area contributed by atoms with Crippen molar-refractivity contribution in [2.75, 3.05) is 45.2 Å². The molecule has 2 heterocycles. The van der Waals surface area contributed by atoms with Crippen LogP contribution in [0.3, 0.4) is 0 Å². The lowest BCUT2D eigenvalue weighted by Gasteiger charge is -2.32. The highest BCUT2D eigenvalue weighted by Gasteiger charge is 2.18. The van der Waals surface area contributed by atoms with Gasteiger partial charge in [0.05, 0.1) is 7.11 Å². The molecule has 0 aliphatic carbocycles. The quantitative estimate of drug-likeness (QED) is 0.713. The van der Waals surface area contributed by atoms with Crippen LogP contribution in [0, 0.1) is 0 Å². The van der Waals surface area contributed by atoms with Gasteiger partial charge in [0.15, 0.2) is 10.8 Å². The lowest BCUT2D eigenvalue weighted by Crippen LogP contribution is -2.44. The highest BCUT2D eigenvalue weighted by molar-refractivity contribution is 7.13. The molecule has 0 atom stereocenters. The van der Waals surface area contributed by atoms with E-state index in [0.717, 1.165) is 31.3 Å². The first-order valence-corrected chi connectivity index (χ1v) is 6.06. The summed E-state index contributed by atoms with van der Waals surface area (Å²) in [6.07, 6.45) is 0. The molecule has 16 heavy (non-hydrogen) atoms. The Morgan fingerprint density at radius 3 is 2.75 bits per heavy atom. The molecule has 1 aliphatic heterocycles. The Labute approximate surface area is 98.6 Å². The van der Waals surface area contributed by atoms with Crippen LogP contribution in [0.5, 0.6) is 0 Å². The predicted octanol–water partition coefficient (Wildman–Crippen LogP) is 0.681. The normalized spacial score (nSPS) is 17.5. The molecule has 0 radical (unpaired) electrons. The van der Waals surface area contributed by atoms with Crippen LogP contribution in [-0.2, 0) is 4.74 Å².